The Hall–Kier alpha value is -2.56. The lowest BCUT2D eigenvalue weighted by Gasteiger charge is -2.04. The third-order valence-electron chi connectivity index (χ3n) is 2.81. The largest absolute Gasteiger partial charge is 0.306 e. The molecule has 0 aliphatic carbocycles. The van der Waals surface area contributed by atoms with Crippen LogP contribution in [0.3, 0.4) is 0 Å². The molecule has 0 N–H and O–H groups in total. The van der Waals surface area contributed by atoms with Crippen molar-refractivity contribution in [1.82, 2.24) is 19.4 Å². The fourth-order valence-corrected chi connectivity index (χ4v) is 1.90. The topological polar surface area (TPSA) is 60.2 Å². The van der Waals surface area contributed by atoms with Gasteiger partial charge in [0.05, 0.1) is 0 Å². The van der Waals surface area contributed by atoms with Crippen LogP contribution in [-0.2, 0) is 0 Å². The Morgan fingerprint density at radius 1 is 1.28 bits per heavy atom. The molecule has 0 aliphatic rings. The lowest BCUT2D eigenvalue weighted by atomic mass is 10.1. The van der Waals surface area contributed by atoms with Gasteiger partial charge in [-0.25, -0.2) is 15.0 Å². The van der Waals surface area contributed by atoms with Gasteiger partial charge in [0.25, 0.3) is 0 Å². The number of carbonyl (C=O) groups excluding carboxylic acids is 1. The van der Waals surface area contributed by atoms with Gasteiger partial charge in [-0.15, -0.1) is 0 Å². The van der Waals surface area contributed by atoms with Crippen molar-refractivity contribution >= 4 is 11.9 Å². The van der Waals surface area contributed by atoms with E-state index < -0.39 is 0 Å². The monoisotopic (exact) mass is 238 g/mol. The predicted molar refractivity (Wildman–Crippen MR) is 66.3 cm³/mol. The number of fused-ring (bicyclic) bond motifs is 1. The number of aromatic nitrogens is 4. The number of aryl methyl sites for hydroxylation is 1. The van der Waals surface area contributed by atoms with E-state index in [0.29, 0.717) is 5.69 Å². The smallest absolute Gasteiger partial charge is 0.170 e. The zero-order chi connectivity index (χ0) is 12.5. The van der Waals surface area contributed by atoms with Crippen LogP contribution in [0.2, 0.25) is 0 Å². The van der Waals surface area contributed by atoms with Crippen LogP contribution in [0.15, 0.2) is 37.1 Å². The van der Waals surface area contributed by atoms with E-state index in [9.17, 15) is 4.79 Å². The summed E-state index contributed by atoms with van der Waals surface area (Å²) in [6.45, 7) is 1.94. The van der Waals surface area contributed by atoms with Gasteiger partial charge in [-0.2, -0.15) is 0 Å². The Labute approximate surface area is 103 Å². The molecule has 0 spiro atoms. The maximum atomic E-state index is 10.7. The zero-order valence-electron chi connectivity index (χ0n) is 9.74. The molecule has 0 saturated heterocycles. The average Bonchev–Trinajstić information content (AvgIpc) is 2.81. The highest BCUT2D eigenvalue weighted by atomic mass is 16.1. The molecule has 0 bridgehead atoms. The number of nitrogens with zero attached hydrogens (tertiary/aromatic N) is 4. The quantitative estimate of drug-likeness (QED) is 0.640. The van der Waals surface area contributed by atoms with E-state index in [-0.39, 0.29) is 0 Å². The Balaban J connectivity index is 2.19. The van der Waals surface area contributed by atoms with Crippen molar-refractivity contribution in [2.24, 2.45) is 0 Å². The number of hydrogen-bond donors (Lipinski definition) is 0. The molecule has 3 rings (SSSR count). The Kier molecular flexibility index (Phi) is 2.37. The van der Waals surface area contributed by atoms with Gasteiger partial charge in [0.15, 0.2) is 6.29 Å². The van der Waals surface area contributed by atoms with E-state index in [1.165, 1.54) is 6.33 Å². The molecule has 5 heteroatoms. The summed E-state index contributed by atoms with van der Waals surface area (Å²) in [5.41, 5.74) is 4.06. The van der Waals surface area contributed by atoms with Crippen LogP contribution in [0.5, 0.6) is 0 Å². The van der Waals surface area contributed by atoms with Crippen molar-refractivity contribution in [1.29, 1.82) is 0 Å². The van der Waals surface area contributed by atoms with E-state index in [4.69, 9.17) is 0 Å². The van der Waals surface area contributed by atoms with Gasteiger partial charge >= 0.3 is 0 Å². The predicted octanol–water partition coefficient (Wildman–Crippen LogP) is 1.91. The summed E-state index contributed by atoms with van der Waals surface area (Å²) in [4.78, 5) is 23.0. The second-order valence-electron chi connectivity index (χ2n) is 3.99. The Morgan fingerprint density at radius 2 is 2.17 bits per heavy atom. The van der Waals surface area contributed by atoms with Crippen molar-refractivity contribution in [2.75, 3.05) is 0 Å². The minimum atomic E-state index is 0.424. The average molecular weight is 238 g/mol. The molecule has 5 nitrogen and oxygen atoms in total. The molecule has 0 atom stereocenters. The second-order valence-corrected chi connectivity index (χ2v) is 3.99. The first-order valence-corrected chi connectivity index (χ1v) is 5.49. The molecule has 0 aromatic carbocycles. The number of hydrogen-bond acceptors (Lipinski definition) is 4. The molecule has 0 fully saturated rings. The molecule has 3 aromatic rings. The fraction of sp³-hybridized carbons (Fsp3) is 0.0769. The lowest BCUT2D eigenvalue weighted by molar-refractivity contribution is 0.111. The van der Waals surface area contributed by atoms with Gasteiger partial charge in [-0.1, -0.05) is 0 Å². The van der Waals surface area contributed by atoms with Gasteiger partial charge in [0.1, 0.15) is 17.7 Å². The minimum Gasteiger partial charge on any atom is -0.306 e. The number of aldehydes is 1. The zero-order valence-corrected chi connectivity index (χ0v) is 9.74. The highest BCUT2D eigenvalue weighted by Gasteiger charge is 2.05. The van der Waals surface area contributed by atoms with Crippen LogP contribution in [0, 0.1) is 6.92 Å². The minimum absolute atomic E-state index is 0.424. The molecule has 18 heavy (non-hydrogen) atoms. The molecule has 88 valence electrons. The first kappa shape index (κ1) is 10.6. The second kappa shape index (κ2) is 4.03. The summed E-state index contributed by atoms with van der Waals surface area (Å²) in [6, 6.07) is 3.82. The first-order chi connectivity index (χ1) is 8.78. The van der Waals surface area contributed by atoms with Crippen molar-refractivity contribution in [2.45, 2.75) is 6.92 Å². The fourth-order valence-electron chi connectivity index (χ4n) is 1.90. The summed E-state index contributed by atoms with van der Waals surface area (Å²) in [5, 5.41) is 0. The molecular formula is C13H10N4O. The van der Waals surface area contributed by atoms with E-state index in [1.54, 1.807) is 12.4 Å². The van der Waals surface area contributed by atoms with Crippen LogP contribution in [0.1, 0.15) is 16.2 Å². The number of pyridine rings is 1. The van der Waals surface area contributed by atoms with Crippen molar-refractivity contribution in [3.63, 3.8) is 0 Å². The first-order valence-electron chi connectivity index (χ1n) is 5.49. The molecular weight excluding hydrogens is 228 g/mol. The normalized spacial score (nSPS) is 10.7. The molecule has 0 amide bonds. The van der Waals surface area contributed by atoms with E-state index in [1.807, 2.05) is 29.7 Å². The lowest BCUT2D eigenvalue weighted by Crippen LogP contribution is -1.91. The third kappa shape index (κ3) is 1.66. The van der Waals surface area contributed by atoms with Crippen LogP contribution in [0.4, 0.5) is 0 Å². The number of rotatable bonds is 2. The van der Waals surface area contributed by atoms with Gasteiger partial charge in [0, 0.05) is 35.4 Å². The molecule has 0 saturated carbocycles. The van der Waals surface area contributed by atoms with Gasteiger partial charge < -0.3 is 4.40 Å². The van der Waals surface area contributed by atoms with Crippen molar-refractivity contribution in [3.05, 3.63) is 48.4 Å². The van der Waals surface area contributed by atoms with E-state index in [0.717, 1.165) is 28.8 Å². The molecule has 3 aromatic heterocycles. The van der Waals surface area contributed by atoms with Crippen molar-refractivity contribution in [3.8, 4) is 11.1 Å². The SMILES string of the molecule is Cc1ncncc1-c1ccc2nc(C=O)cn2c1. The van der Waals surface area contributed by atoms with Gasteiger partial charge in [-0.3, -0.25) is 4.79 Å². The molecule has 0 unspecified atom stereocenters. The summed E-state index contributed by atoms with van der Waals surface area (Å²) < 4.78 is 1.82. The van der Waals surface area contributed by atoms with Crippen LogP contribution in [0.25, 0.3) is 16.8 Å². The van der Waals surface area contributed by atoms with E-state index >= 15 is 0 Å². The molecule has 0 aliphatic heterocycles. The third-order valence-corrected chi connectivity index (χ3v) is 2.81. The van der Waals surface area contributed by atoms with Crippen molar-refractivity contribution < 1.29 is 4.79 Å². The Bertz CT molecular complexity index is 733. The summed E-state index contributed by atoms with van der Waals surface area (Å²) in [7, 11) is 0. The maximum absolute atomic E-state index is 10.7. The molecule has 3 heterocycles. The standard InChI is InChI=1S/C13H10N4O/c1-9-12(4-14-8-15-9)10-2-3-13-16-11(7-18)6-17(13)5-10/h2-8H,1H3. The maximum Gasteiger partial charge on any atom is 0.170 e. The number of carbonyl (C=O) groups is 1. The summed E-state index contributed by atoms with van der Waals surface area (Å²) in [6.07, 6.45) is 7.66. The highest BCUT2D eigenvalue weighted by molar-refractivity contribution is 5.74. The van der Waals surface area contributed by atoms with Gasteiger partial charge in [-0.05, 0) is 19.1 Å². The van der Waals surface area contributed by atoms with Crippen LogP contribution < -0.4 is 0 Å². The summed E-state index contributed by atoms with van der Waals surface area (Å²) in [5.74, 6) is 0. The number of imidazole rings is 1. The van der Waals surface area contributed by atoms with E-state index in [2.05, 4.69) is 15.0 Å². The summed E-state index contributed by atoms with van der Waals surface area (Å²) >= 11 is 0. The van der Waals surface area contributed by atoms with Gasteiger partial charge in [0.2, 0.25) is 0 Å². The molecule has 0 radical (unpaired) electrons. The van der Waals surface area contributed by atoms with Crippen LogP contribution in [-0.4, -0.2) is 25.6 Å². The van der Waals surface area contributed by atoms with Crippen LogP contribution >= 0.6 is 0 Å². The highest BCUT2D eigenvalue weighted by Crippen LogP contribution is 2.21. The Morgan fingerprint density at radius 3 is 2.94 bits per heavy atom.